The Labute approximate surface area is 100 Å². The molecule has 2 heterocycles. The van der Waals surface area contributed by atoms with Crippen LogP contribution < -0.4 is 15.8 Å². The molecule has 0 aliphatic carbocycles. The third-order valence-electron chi connectivity index (χ3n) is 2.55. The van der Waals surface area contributed by atoms with Crippen LogP contribution in [0.3, 0.4) is 0 Å². The van der Waals surface area contributed by atoms with E-state index >= 15 is 0 Å². The van der Waals surface area contributed by atoms with Crippen LogP contribution >= 0.6 is 15.9 Å². The maximum atomic E-state index is 11.5. The van der Waals surface area contributed by atoms with Crippen molar-refractivity contribution >= 4 is 27.7 Å². The molecular formula is C9H11BrN4O2. The van der Waals surface area contributed by atoms with Crippen LogP contribution in [0.15, 0.2) is 15.6 Å². The molecule has 7 heteroatoms. The van der Waals surface area contributed by atoms with Crippen molar-refractivity contribution < 1.29 is 4.79 Å². The predicted molar refractivity (Wildman–Crippen MR) is 62.4 cm³/mol. The van der Waals surface area contributed by atoms with Crippen LogP contribution in [0.2, 0.25) is 0 Å². The van der Waals surface area contributed by atoms with E-state index in [0.29, 0.717) is 23.4 Å². The quantitative estimate of drug-likeness (QED) is 0.753. The van der Waals surface area contributed by atoms with E-state index in [9.17, 15) is 9.59 Å². The maximum absolute atomic E-state index is 11.5. The molecule has 1 aromatic rings. The molecule has 0 saturated carbocycles. The van der Waals surface area contributed by atoms with Crippen molar-refractivity contribution in [3.63, 3.8) is 0 Å². The number of anilines is 1. The van der Waals surface area contributed by atoms with Gasteiger partial charge in [-0.05, 0) is 22.9 Å². The van der Waals surface area contributed by atoms with E-state index in [1.807, 2.05) is 0 Å². The lowest BCUT2D eigenvalue weighted by Crippen LogP contribution is -2.54. The van der Waals surface area contributed by atoms with Crippen LogP contribution in [0.25, 0.3) is 0 Å². The van der Waals surface area contributed by atoms with Crippen molar-refractivity contribution in [2.24, 2.45) is 0 Å². The van der Waals surface area contributed by atoms with Crippen LogP contribution in [0.4, 0.5) is 5.82 Å². The zero-order valence-electron chi connectivity index (χ0n) is 8.66. The molecule has 0 aromatic carbocycles. The Hall–Kier alpha value is -1.37. The Morgan fingerprint density at radius 1 is 1.56 bits per heavy atom. The number of nitrogens with one attached hydrogen (secondary N) is 2. The van der Waals surface area contributed by atoms with Crippen molar-refractivity contribution in [1.82, 2.24) is 15.3 Å². The highest BCUT2D eigenvalue weighted by Gasteiger charge is 2.28. The third kappa shape index (κ3) is 1.82. The average Bonchev–Trinajstić information content (AvgIpc) is 2.27. The number of aromatic nitrogens is 2. The number of amides is 1. The van der Waals surface area contributed by atoms with Crippen molar-refractivity contribution in [2.75, 3.05) is 18.0 Å². The van der Waals surface area contributed by atoms with Gasteiger partial charge in [-0.2, -0.15) is 0 Å². The lowest BCUT2D eigenvalue weighted by atomic mass is 10.2. The van der Waals surface area contributed by atoms with Crippen molar-refractivity contribution in [1.29, 1.82) is 0 Å². The summed E-state index contributed by atoms with van der Waals surface area (Å²) in [6.07, 6.45) is 1.33. The number of hydrogen-bond donors (Lipinski definition) is 2. The van der Waals surface area contributed by atoms with E-state index in [0.717, 1.165) is 0 Å². The largest absolute Gasteiger partial charge is 0.353 e. The van der Waals surface area contributed by atoms with E-state index in [1.165, 1.54) is 6.33 Å². The van der Waals surface area contributed by atoms with Gasteiger partial charge in [-0.15, -0.1) is 0 Å². The molecule has 1 aromatic heterocycles. The van der Waals surface area contributed by atoms with Gasteiger partial charge >= 0.3 is 0 Å². The predicted octanol–water partition coefficient (Wildman–Crippen LogP) is -0.143. The summed E-state index contributed by atoms with van der Waals surface area (Å²) >= 11 is 3.18. The summed E-state index contributed by atoms with van der Waals surface area (Å²) in [5.74, 6) is 0.450. The number of carbonyl (C=O) groups excluding carboxylic acids is 1. The first-order valence-corrected chi connectivity index (χ1v) is 5.68. The van der Waals surface area contributed by atoms with Gasteiger partial charge in [0.05, 0.1) is 6.33 Å². The van der Waals surface area contributed by atoms with Crippen LogP contribution in [0.1, 0.15) is 6.92 Å². The number of hydrogen-bond acceptors (Lipinski definition) is 4. The summed E-state index contributed by atoms with van der Waals surface area (Å²) < 4.78 is 0.358. The van der Waals surface area contributed by atoms with Crippen LogP contribution in [0.5, 0.6) is 0 Å². The van der Waals surface area contributed by atoms with Crippen LogP contribution in [-0.4, -0.2) is 35.0 Å². The molecule has 0 radical (unpaired) electrons. The monoisotopic (exact) mass is 286 g/mol. The van der Waals surface area contributed by atoms with Crippen molar-refractivity contribution in [2.45, 2.75) is 13.0 Å². The second-order valence-corrected chi connectivity index (χ2v) is 4.32. The number of piperazine rings is 1. The summed E-state index contributed by atoms with van der Waals surface area (Å²) in [7, 11) is 0. The molecule has 2 rings (SSSR count). The molecule has 0 spiro atoms. The molecule has 1 unspecified atom stereocenters. The van der Waals surface area contributed by atoms with Crippen LogP contribution in [-0.2, 0) is 4.79 Å². The summed E-state index contributed by atoms with van der Waals surface area (Å²) in [6.45, 7) is 2.98. The molecule has 1 aliphatic heterocycles. The number of carbonyl (C=O) groups is 1. The Balaban J connectivity index is 2.40. The number of aromatic amines is 1. The summed E-state index contributed by atoms with van der Waals surface area (Å²) in [4.78, 5) is 31.3. The van der Waals surface area contributed by atoms with Crippen molar-refractivity contribution in [3.05, 3.63) is 21.2 Å². The highest BCUT2D eigenvalue weighted by molar-refractivity contribution is 9.10. The standard InChI is InChI=1S/C9H11BrN4O2/c1-5-8(15)11-2-3-14(5)7-6(10)9(16)13-4-12-7/h4-5H,2-3H2,1H3,(H,11,15)(H,12,13,16). The highest BCUT2D eigenvalue weighted by atomic mass is 79.9. The SMILES string of the molecule is CC1C(=O)NCCN1c1nc[nH]c(=O)c1Br. The van der Waals surface area contributed by atoms with Gasteiger partial charge in [0, 0.05) is 13.1 Å². The number of nitrogens with zero attached hydrogens (tertiary/aromatic N) is 2. The fourth-order valence-electron chi connectivity index (χ4n) is 1.65. The van der Waals surface area contributed by atoms with E-state index in [2.05, 4.69) is 31.2 Å². The summed E-state index contributed by atoms with van der Waals surface area (Å²) in [5, 5.41) is 2.76. The number of rotatable bonds is 1. The molecule has 1 fully saturated rings. The number of halogens is 1. The normalized spacial score (nSPS) is 20.8. The first-order valence-electron chi connectivity index (χ1n) is 4.89. The van der Waals surface area contributed by atoms with Gasteiger partial charge in [-0.1, -0.05) is 0 Å². The lowest BCUT2D eigenvalue weighted by molar-refractivity contribution is -0.122. The zero-order valence-corrected chi connectivity index (χ0v) is 10.2. The van der Waals surface area contributed by atoms with Gasteiger partial charge < -0.3 is 15.2 Å². The van der Waals surface area contributed by atoms with Gasteiger partial charge in [0.1, 0.15) is 10.5 Å². The minimum atomic E-state index is -0.320. The first kappa shape index (κ1) is 11.1. The zero-order chi connectivity index (χ0) is 11.7. The molecule has 2 N–H and O–H groups in total. The topological polar surface area (TPSA) is 78.1 Å². The Bertz CT molecular complexity index is 473. The Morgan fingerprint density at radius 3 is 3.06 bits per heavy atom. The summed E-state index contributed by atoms with van der Waals surface area (Å²) in [6, 6.07) is -0.320. The Morgan fingerprint density at radius 2 is 2.31 bits per heavy atom. The third-order valence-corrected chi connectivity index (χ3v) is 3.26. The number of H-pyrrole nitrogens is 1. The van der Waals surface area contributed by atoms with Crippen molar-refractivity contribution in [3.8, 4) is 0 Å². The summed E-state index contributed by atoms with van der Waals surface area (Å²) in [5.41, 5.74) is -0.247. The van der Waals surface area contributed by atoms with E-state index in [1.54, 1.807) is 11.8 Å². The smallest absolute Gasteiger partial charge is 0.267 e. The average molecular weight is 287 g/mol. The molecule has 86 valence electrons. The molecule has 1 saturated heterocycles. The molecule has 1 atom stereocenters. The van der Waals surface area contributed by atoms with Crippen LogP contribution in [0, 0.1) is 0 Å². The minimum absolute atomic E-state index is 0.0553. The fraction of sp³-hybridized carbons (Fsp3) is 0.444. The molecule has 16 heavy (non-hydrogen) atoms. The van der Waals surface area contributed by atoms with E-state index in [4.69, 9.17) is 0 Å². The Kier molecular flexibility index (Phi) is 2.95. The minimum Gasteiger partial charge on any atom is -0.353 e. The molecule has 0 bridgehead atoms. The van der Waals surface area contributed by atoms with Gasteiger partial charge in [-0.25, -0.2) is 4.98 Å². The second kappa shape index (κ2) is 4.25. The molecule has 6 nitrogen and oxygen atoms in total. The molecular weight excluding hydrogens is 276 g/mol. The van der Waals surface area contributed by atoms with Gasteiger partial charge in [0.25, 0.3) is 5.56 Å². The van der Waals surface area contributed by atoms with E-state index in [-0.39, 0.29) is 17.5 Å². The first-order chi connectivity index (χ1) is 7.61. The molecule has 1 amide bonds. The lowest BCUT2D eigenvalue weighted by Gasteiger charge is -2.33. The van der Waals surface area contributed by atoms with E-state index < -0.39 is 0 Å². The maximum Gasteiger partial charge on any atom is 0.267 e. The van der Waals surface area contributed by atoms with Gasteiger partial charge in [0.2, 0.25) is 5.91 Å². The second-order valence-electron chi connectivity index (χ2n) is 3.53. The van der Waals surface area contributed by atoms with Gasteiger partial charge in [0.15, 0.2) is 5.82 Å². The fourth-order valence-corrected chi connectivity index (χ4v) is 2.09. The van der Waals surface area contributed by atoms with Gasteiger partial charge in [-0.3, -0.25) is 9.59 Å². The highest BCUT2D eigenvalue weighted by Crippen LogP contribution is 2.21. The molecule has 1 aliphatic rings.